The van der Waals surface area contributed by atoms with Crippen molar-refractivity contribution >= 4 is 27.7 Å². The zero-order valence-corrected chi connectivity index (χ0v) is 21.9. The number of carbonyl (C=O) groups excluding carboxylic acids is 2. The van der Waals surface area contributed by atoms with E-state index in [0.717, 1.165) is 22.6 Å². The molecule has 1 atom stereocenters. The van der Waals surface area contributed by atoms with Crippen molar-refractivity contribution in [3.05, 3.63) is 87.4 Å². The van der Waals surface area contributed by atoms with Gasteiger partial charge in [0.1, 0.15) is 4.60 Å². The van der Waals surface area contributed by atoms with Crippen molar-refractivity contribution in [2.45, 2.75) is 44.6 Å². The lowest BCUT2D eigenvalue weighted by Gasteiger charge is -2.38. The molecule has 0 bridgehead atoms. The molecule has 4 heterocycles. The van der Waals surface area contributed by atoms with Crippen molar-refractivity contribution in [1.82, 2.24) is 24.6 Å². The molecule has 2 aliphatic heterocycles. The lowest BCUT2D eigenvalue weighted by Crippen LogP contribution is -2.46. The lowest BCUT2D eigenvalue weighted by molar-refractivity contribution is -0.126. The number of aromatic nitrogens is 3. The van der Waals surface area contributed by atoms with E-state index in [-0.39, 0.29) is 17.9 Å². The highest BCUT2D eigenvalue weighted by Gasteiger charge is 2.40. The van der Waals surface area contributed by atoms with E-state index in [9.17, 15) is 9.59 Å². The minimum Gasteiger partial charge on any atom is -0.336 e. The average Bonchev–Trinajstić information content (AvgIpc) is 3.69. The Hall–Kier alpha value is -3.26. The van der Waals surface area contributed by atoms with Crippen LogP contribution in [0.2, 0.25) is 0 Å². The van der Waals surface area contributed by atoms with Crippen molar-refractivity contribution in [2.75, 3.05) is 19.6 Å². The SMILES string of the molecule is C=CC(=O)N1CCc2nn(-c3ccc(C4CC4)cc3)c3c2[C@H](C1)N(C(=O)c1ccc(Br)nc1C)CC3. The Balaban J connectivity index is 1.41. The zero-order chi connectivity index (χ0) is 25.0. The Labute approximate surface area is 218 Å². The summed E-state index contributed by atoms with van der Waals surface area (Å²) in [7, 11) is 0. The Morgan fingerprint density at radius 1 is 1.08 bits per heavy atom. The fourth-order valence-corrected chi connectivity index (χ4v) is 5.99. The molecule has 0 saturated heterocycles. The summed E-state index contributed by atoms with van der Waals surface area (Å²) >= 11 is 3.39. The van der Waals surface area contributed by atoms with Crippen molar-refractivity contribution in [3.8, 4) is 5.69 Å². The molecule has 0 radical (unpaired) electrons. The largest absolute Gasteiger partial charge is 0.336 e. The maximum absolute atomic E-state index is 13.8. The van der Waals surface area contributed by atoms with Crippen LogP contribution in [0.4, 0.5) is 0 Å². The number of aryl methyl sites for hydroxylation is 1. The Morgan fingerprint density at radius 2 is 1.86 bits per heavy atom. The van der Waals surface area contributed by atoms with E-state index in [2.05, 4.69) is 56.4 Å². The predicted molar refractivity (Wildman–Crippen MR) is 140 cm³/mol. The minimum atomic E-state index is -0.273. The van der Waals surface area contributed by atoms with Crippen LogP contribution in [0.25, 0.3) is 5.69 Å². The highest BCUT2D eigenvalue weighted by molar-refractivity contribution is 9.10. The molecule has 1 aromatic carbocycles. The molecule has 1 saturated carbocycles. The first kappa shape index (κ1) is 23.2. The number of rotatable bonds is 4. The summed E-state index contributed by atoms with van der Waals surface area (Å²) in [5.41, 5.74) is 6.89. The summed E-state index contributed by atoms with van der Waals surface area (Å²) in [6, 6.07) is 12.1. The number of carbonyl (C=O) groups is 2. The molecular formula is C28H28BrN5O2. The standard InChI is InChI=1S/C28H28BrN5O2/c1-3-26(35)32-14-12-22-27-23(34(31-22)20-8-6-19(7-9-20)18-4-5-18)13-15-33(24(27)16-32)28(36)21-10-11-25(29)30-17(21)2/h3,6-11,18,24H,1,4-5,12-16H2,2H3/t24-/m0/s1. The fraction of sp³-hybridized carbons (Fsp3) is 0.357. The van der Waals surface area contributed by atoms with Crippen LogP contribution in [0.1, 0.15) is 63.4 Å². The summed E-state index contributed by atoms with van der Waals surface area (Å²) in [5.74, 6) is 0.522. The van der Waals surface area contributed by atoms with Gasteiger partial charge in [0, 0.05) is 38.0 Å². The van der Waals surface area contributed by atoms with E-state index in [1.807, 2.05) is 17.9 Å². The molecule has 0 unspecified atom stereocenters. The summed E-state index contributed by atoms with van der Waals surface area (Å²) in [5, 5.41) is 5.04. The van der Waals surface area contributed by atoms with Crippen LogP contribution < -0.4 is 0 Å². The first-order valence-electron chi connectivity index (χ1n) is 12.5. The van der Waals surface area contributed by atoms with Gasteiger partial charge in [-0.05, 0) is 77.5 Å². The molecule has 7 nitrogen and oxygen atoms in total. The van der Waals surface area contributed by atoms with Gasteiger partial charge in [-0.1, -0.05) is 18.7 Å². The first-order chi connectivity index (χ1) is 17.4. The molecule has 6 rings (SSSR count). The number of benzene rings is 1. The highest BCUT2D eigenvalue weighted by Crippen LogP contribution is 2.41. The van der Waals surface area contributed by atoms with Gasteiger partial charge >= 0.3 is 0 Å². The van der Waals surface area contributed by atoms with E-state index in [1.54, 1.807) is 11.0 Å². The fourth-order valence-electron chi connectivity index (χ4n) is 5.60. The molecule has 0 spiro atoms. The summed E-state index contributed by atoms with van der Waals surface area (Å²) in [6.07, 6.45) is 5.25. The Morgan fingerprint density at radius 3 is 2.56 bits per heavy atom. The molecule has 184 valence electrons. The monoisotopic (exact) mass is 545 g/mol. The number of hydrogen-bond donors (Lipinski definition) is 0. The van der Waals surface area contributed by atoms with Crippen molar-refractivity contribution < 1.29 is 9.59 Å². The molecule has 36 heavy (non-hydrogen) atoms. The summed E-state index contributed by atoms with van der Waals surface area (Å²) in [4.78, 5) is 34.6. The van der Waals surface area contributed by atoms with Gasteiger partial charge < -0.3 is 9.80 Å². The van der Waals surface area contributed by atoms with Crippen LogP contribution in [0, 0.1) is 6.92 Å². The number of amides is 2. The number of nitrogens with zero attached hydrogens (tertiary/aromatic N) is 5. The van der Waals surface area contributed by atoms with Crippen molar-refractivity contribution in [1.29, 1.82) is 0 Å². The van der Waals surface area contributed by atoms with E-state index >= 15 is 0 Å². The normalized spacial score (nSPS) is 19.0. The van der Waals surface area contributed by atoms with E-state index < -0.39 is 0 Å². The lowest BCUT2D eigenvalue weighted by atomic mass is 9.94. The summed E-state index contributed by atoms with van der Waals surface area (Å²) < 4.78 is 2.76. The van der Waals surface area contributed by atoms with Crippen LogP contribution in [0.3, 0.4) is 0 Å². The van der Waals surface area contributed by atoms with Gasteiger partial charge in [-0.3, -0.25) is 9.59 Å². The number of halogens is 1. The third-order valence-corrected chi connectivity index (χ3v) is 8.07. The van der Waals surface area contributed by atoms with Crippen LogP contribution in [0.15, 0.2) is 53.7 Å². The van der Waals surface area contributed by atoms with Gasteiger partial charge in [0.15, 0.2) is 0 Å². The van der Waals surface area contributed by atoms with Gasteiger partial charge in [0.25, 0.3) is 5.91 Å². The Kier molecular flexibility index (Phi) is 5.79. The third-order valence-electron chi connectivity index (χ3n) is 7.62. The first-order valence-corrected chi connectivity index (χ1v) is 13.3. The van der Waals surface area contributed by atoms with Gasteiger partial charge in [0.2, 0.25) is 5.91 Å². The quantitative estimate of drug-likeness (QED) is 0.356. The van der Waals surface area contributed by atoms with Crippen LogP contribution in [-0.2, 0) is 17.6 Å². The van der Waals surface area contributed by atoms with Crippen LogP contribution >= 0.6 is 15.9 Å². The van der Waals surface area contributed by atoms with Gasteiger partial charge in [-0.2, -0.15) is 5.10 Å². The predicted octanol–water partition coefficient (Wildman–Crippen LogP) is 4.53. The van der Waals surface area contributed by atoms with Gasteiger partial charge in [-0.25, -0.2) is 9.67 Å². The molecule has 8 heteroatoms. The van der Waals surface area contributed by atoms with Gasteiger partial charge in [-0.15, -0.1) is 0 Å². The average molecular weight is 546 g/mol. The summed E-state index contributed by atoms with van der Waals surface area (Å²) in [6.45, 7) is 7.05. The third kappa shape index (κ3) is 3.97. The highest BCUT2D eigenvalue weighted by atomic mass is 79.9. The van der Waals surface area contributed by atoms with Crippen molar-refractivity contribution in [3.63, 3.8) is 0 Å². The second kappa shape index (κ2) is 9.00. The second-order valence-corrected chi connectivity index (χ2v) is 10.7. The Bertz CT molecular complexity index is 1380. The second-order valence-electron chi connectivity index (χ2n) is 9.85. The van der Waals surface area contributed by atoms with Crippen LogP contribution in [-0.4, -0.2) is 56.0 Å². The molecule has 3 aliphatic rings. The van der Waals surface area contributed by atoms with Gasteiger partial charge in [0.05, 0.1) is 34.4 Å². The molecule has 2 amide bonds. The number of hydrogen-bond acceptors (Lipinski definition) is 4. The molecule has 1 aliphatic carbocycles. The number of pyridine rings is 1. The van der Waals surface area contributed by atoms with E-state index in [4.69, 9.17) is 5.10 Å². The smallest absolute Gasteiger partial charge is 0.256 e. The minimum absolute atomic E-state index is 0.0662. The molecule has 2 aromatic heterocycles. The van der Waals surface area contributed by atoms with E-state index in [1.165, 1.54) is 24.5 Å². The molecular weight excluding hydrogens is 518 g/mol. The molecule has 1 fully saturated rings. The maximum atomic E-state index is 13.8. The van der Waals surface area contributed by atoms with Crippen molar-refractivity contribution in [2.24, 2.45) is 0 Å². The van der Waals surface area contributed by atoms with Crippen LogP contribution in [0.5, 0.6) is 0 Å². The molecule has 0 N–H and O–H groups in total. The molecule has 3 aromatic rings. The maximum Gasteiger partial charge on any atom is 0.256 e. The topological polar surface area (TPSA) is 71.3 Å². The van der Waals surface area contributed by atoms with E-state index in [0.29, 0.717) is 54.3 Å². The zero-order valence-electron chi connectivity index (χ0n) is 20.3.